The smallest absolute Gasteiger partial charge is 0.336 e. The average molecular weight is 1130 g/mol. The van der Waals surface area contributed by atoms with Crippen LogP contribution in [-0.2, 0) is 28.7 Å². The second-order valence-electron chi connectivity index (χ2n) is 20.1. The highest BCUT2D eigenvalue weighted by molar-refractivity contribution is 6.02. The maximum absolute atomic E-state index is 14.6. The standard InChI is InChI=1S/C69H82N2O12/c1-3-5-17-47-76-59-37-41-61(42-38-59)82-63(72)45-31-53-27-33-57(34-28-53)78-49-19-7-9-21-51-80-67(74)69(65(70)55-23-13-11-14-24-55,66(71)56-25-15-12-16-26-56)68(75)81-52-22-10-8-20-50-79-58-35-29-54(30-36-58)32-46-64(73)83-62-43-39-60(40-44-62)77-48-18-6-4-2/h11-16,23-46,65-66H,3-10,17-22,47-52,70-71H2,1-2H3. The highest BCUT2D eigenvalue weighted by Gasteiger charge is 2.59. The first-order chi connectivity index (χ1) is 40.6. The molecule has 6 rings (SSSR count). The van der Waals surface area contributed by atoms with Gasteiger partial charge < -0.3 is 49.4 Å². The van der Waals surface area contributed by atoms with Crippen LogP contribution in [0.2, 0.25) is 0 Å². The highest BCUT2D eigenvalue weighted by atomic mass is 16.6. The molecule has 440 valence electrons. The van der Waals surface area contributed by atoms with Gasteiger partial charge >= 0.3 is 23.9 Å². The Morgan fingerprint density at radius 3 is 0.988 bits per heavy atom. The molecule has 0 bridgehead atoms. The number of ether oxygens (including phenoxy) is 8. The lowest BCUT2D eigenvalue weighted by Crippen LogP contribution is -2.56. The van der Waals surface area contributed by atoms with E-state index in [1.165, 1.54) is 12.2 Å². The molecule has 0 aromatic heterocycles. The van der Waals surface area contributed by atoms with E-state index in [-0.39, 0.29) is 13.2 Å². The number of hydrogen-bond donors (Lipinski definition) is 2. The normalized spacial score (nSPS) is 12.7. The Hall–Kier alpha value is -8.20. The van der Waals surface area contributed by atoms with Crippen LogP contribution < -0.4 is 39.9 Å². The number of hydrogen-bond acceptors (Lipinski definition) is 14. The van der Waals surface area contributed by atoms with Crippen molar-refractivity contribution in [2.24, 2.45) is 16.9 Å². The summed E-state index contributed by atoms with van der Waals surface area (Å²) in [6.45, 7) is 6.67. The molecular formula is C69H82N2O12. The van der Waals surface area contributed by atoms with Crippen molar-refractivity contribution in [1.29, 1.82) is 0 Å². The van der Waals surface area contributed by atoms with Gasteiger partial charge in [0.15, 0.2) is 0 Å². The number of carbonyl (C=O) groups excluding carboxylic acids is 4. The molecule has 0 fully saturated rings. The topological polar surface area (TPSA) is 194 Å². The lowest BCUT2D eigenvalue weighted by molar-refractivity contribution is -0.177. The number of rotatable bonds is 38. The maximum Gasteiger partial charge on any atom is 0.336 e. The van der Waals surface area contributed by atoms with Crippen molar-refractivity contribution in [3.05, 3.63) is 192 Å². The predicted octanol–water partition coefficient (Wildman–Crippen LogP) is 14.1. The van der Waals surface area contributed by atoms with Crippen LogP contribution in [0, 0.1) is 5.41 Å². The molecule has 0 saturated carbocycles. The van der Waals surface area contributed by atoms with E-state index >= 15 is 0 Å². The third kappa shape index (κ3) is 21.9. The van der Waals surface area contributed by atoms with Gasteiger partial charge in [0.25, 0.3) is 0 Å². The summed E-state index contributed by atoms with van der Waals surface area (Å²) < 4.78 is 46.2. The van der Waals surface area contributed by atoms with E-state index in [4.69, 9.17) is 49.4 Å². The van der Waals surface area contributed by atoms with E-state index in [9.17, 15) is 19.2 Å². The molecule has 6 aromatic rings. The largest absolute Gasteiger partial charge is 0.494 e. The van der Waals surface area contributed by atoms with Gasteiger partial charge in [-0.05, 0) is 171 Å². The summed E-state index contributed by atoms with van der Waals surface area (Å²) in [7, 11) is 0. The van der Waals surface area contributed by atoms with Gasteiger partial charge in [-0.15, -0.1) is 0 Å². The van der Waals surface area contributed by atoms with Crippen LogP contribution >= 0.6 is 0 Å². The quantitative estimate of drug-likeness (QED) is 0.0122. The van der Waals surface area contributed by atoms with Crippen LogP contribution in [0.25, 0.3) is 12.2 Å². The first-order valence-electron chi connectivity index (χ1n) is 29.3. The summed E-state index contributed by atoms with van der Waals surface area (Å²) in [5.74, 6) is 1.10. The zero-order valence-corrected chi connectivity index (χ0v) is 48.2. The molecule has 0 amide bonds. The van der Waals surface area contributed by atoms with Crippen LogP contribution in [0.1, 0.15) is 138 Å². The lowest BCUT2D eigenvalue weighted by atomic mass is 9.69. The van der Waals surface area contributed by atoms with Gasteiger partial charge in [0.2, 0.25) is 5.41 Å². The minimum absolute atomic E-state index is 0.0482. The van der Waals surface area contributed by atoms with E-state index in [0.29, 0.717) is 73.4 Å². The van der Waals surface area contributed by atoms with Gasteiger partial charge in [-0.25, -0.2) is 9.59 Å². The summed E-state index contributed by atoms with van der Waals surface area (Å²) >= 11 is 0. The zero-order chi connectivity index (χ0) is 58.7. The van der Waals surface area contributed by atoms with Crippen LogP contribution in [-0.4, -0.2) is 63.5 Å². The van der Waals surface area contributed by atoms with Crippen LogP contribution in [0.4, 0.5) is 0 Å². The number of carbonyl (C=O) groups is 4. The molecule has 0 aliphatic heterocycles. The molecule has 0 radical (unpaired) electrons. The Labute approximate surface area is 490 Å². The molecule has 0 aliphatic rings. The summed E-state index contributed by atoms with van der Waals surface area (Å²) in [6, 6.07) is 44.3. The maximum atomic E-state index is 14.6. The average Bonchev–Trinajstić information content (AvgIpc) is 3.67. The summed E-state index contributed by atoms with van der Waals surface area (Å²) in [5, 5.41) is 0. The molecule has 2 atom stereocenters. The molecule has 0 heterocycles. The third-order valence-electron chi connectivity index (χ3n) is 13.8. The monoisotopic (exact) mass is 1130 g/mol. The number of benzene rings is 6. The van der Waals surface area contributed by atoms with Gasteiger partial charge in [-0.3, -0.25) is 9.59 Å². The van der Waals surface area contributed by atoms with Gasteiger partial charge in [-0.1, -0.05) is 124 Å². The first-order valence-corrected chi connectivity index (χ1v) is 29.3. The molecule has 6 aromatic carbocycles. The van der Waals surface area contributed by atoms with Gasteiger partial charge in [0.1, 0.15) is 34.5 Å². The molecule has 0 aliphatic carbocycles. The molecule has 4 N–H and O–H groups in total. The second-order valence-corrected chi connectivity index (χ2v) is 20.1. The van der Waals surface area contributed by atoms with Crippen molar-refractivity contribution in [3.63, 3.8) is 0 Å². The Morgan fingerprint density at radius 2 is 0.663 bits per heavy atom. The molecule has 83 heavy (non-hydrogen) atoms. The van der Waals surface area contributed by atoms with Gasteiger partial charge in [0.05, 0.1) is 51.7 Å². The van der Waals surface area contributed by atoms with Crippen molar-refractivity contribution in [2.45, 2.75) is 116 Å². The van der Waals surface area contributed by atoms with Crippen molar-refractivity contribution in [2.75, 3.05) is 39.6 Å². The van der Waals surface area contributed by atoms with Gasteiger partial charge in [-0.2, -0.15) is 0 Å². The van der Waals surface area contributed by atoms with Crippen LogP contribution in [0.15, 0.2) is 170 Å². The van der Waals surface area contributed by atoms with Crippen LogP contribution in [0.3, 0.4) is 0 Å². The second kappa shape index (κ2) is 36.3. The summed E-state index contributed by atoms with van der Waals surface area (Å²) in [4.78, 5) is 54.1. The van der Waals surface area contributed by atoms with Crippen LogP contribution in [0.5, 0.6) is 34.5 Å². The zero-order valence-electron chi connectivity index (χ0n) is 48.2. The Balaban J connectivity index is 0.910. The minimum Gasteiger partial charge on any atom is -0.494 e. The number of unbranched alkanes of at least 4 members (excludes halogenated alkanes) is 10. The molecular weight excluding hydrogens is 1050 g/mol. The minimum atomic E-state index is -2.11. The Morgan fingerprint density at radius 1 is 0.373 bits per heavy atom. The summed E-state index contributed by atoms with van der Waals surface area (Å²) in [5.41, 5.74) is 14.6. The van der Waals surface area contributed by atoms with E-state index < -0.39 is 41.4 Å². The molecule has 0 saturated heterocycles. The number of nitrogens with two attached hydrogens (primary N) is 2. The van der Waals surface area contributed by atoms with E-state index in [2.05, 4.69) is 13.8 Å². The molecule has 0 spiro atoms. The fraction of sp³-hybridized carbons (Fsp3) is 0.362. The fourth-order valence-electron chi connectivity index (χ4n) is 8.97. The van der Waals surface area contributed by atoms with Crippen molar-refractivity contribution < 1.29 is 57.1 Å². The van der Waals surface area contributed by atoms with E-state index in [1.807, 2.05) is 60.7 Å². The number of esters is 4. The first kappa shape index (κ1) is 64.0. The van der Waals surface area contributed by atoms with E-state index in [0.717, 1.165) is 99.7 Å². The predicted molar refractivity (Wildman–Crippen MR) is 324 cm³/mol. The molecule has 14 nitrogen and oxygen atoms in total. The van der Waals surface area contributed by atoms with E-state index in [1.54, 1.807) is 109 Å². The highest BCUT2D eigenvalue weighted by Crippen LogP contribution is 2.45. The Bertz CT molecular complexity index is 2680. The Kier molecular flexibility index (Phi) is 28.0. The fourth-order valence-corrected chi connectivity index (χ4v) is 8.97. The summed E-state index contributed by atoms with van der Waals surface area (Å²) in [6.07, 6.45) is 18.3. The van der Waals surface area contributed by atoms with Crippen molar-refractivity contribution in [3.8, 4) is 34.5 Å². The molecule has 14 heteroatoms. The third-order valence-corrected chi connectivity index (χ3v) is 13.8. The van der Waals surface area contributed by atoms with Crippen molar-refractivity contribution >= 4 is 36.0 Å². The van der Waals surface area contributed by atoms with Crippen molar-refractivity contribution in [1.82, 2.24) is 0 Å². The SMILES string of the molecule is CCCCCOc1ccc(OC(=O)C=Cc2ccc(OCCCCCCOC(=O)C(C(=O)OCCCCCCOc3ccc(C=CC(=O)Oc4ccc(OCCCCC)cc4)cc3)(C(N)c3ccccc3)C(N)c3ccccc3)cc2)cc1. The lowest BCUT2D eigenvalue weighted by Gasteiger charge is -2.39. The molecule has 2 unspecified atom stereocenters. The van der Waals surface area contributed by atoms with Gasteiger partial charge in [0, 0.05) is 12.2 Å².